The van der Waals surface area contributed by atoms with E-state index < -0.39 is 0 Å². The second kappa shape index (κ2) is 6.87. The Hall–Kier alpha value is -0.380. The van der Waals surface area contributed by atoms with E-state index in [1.807, 2.05) is 30.3 Å². The molecule has 0 radical (unpaired) electrons. The quantitative estimate of drug-likeness (QED) is 0.822. The molecule has 2 aromatic carbocycles. The summed E-state index contributed by atoms with van der Waals surface area (Å²) in [7, 11) is 0. The van der Waals surface area contributed by atoms with Gasteiger partial charge in [0.25, 0.3) is 0 Å². The highest BCUT2D eigenvalue weighted by Crippen LogP contribution is 2.34. The van der Waals surface area contributed by atoms with Crippen molar-refractivity contribution in [3.63, 3.8) is 0 Å². The molecule has 0 aliphatic rings. The van der Waals surface area contributed by atoms with E-state index in [0.717, 1.165) is 26.8 Å². The van der Waals surface area contributed by atoms with Crippen molar-refractivity contribution in [2.24, 2.45) is 5.73 Å². The lowest BCUT2D eigenvalue weighted by atomic mass is 10.1. The minimum Gasteiger partial charge on any atom is -0.330 e. The van der Waals surface area contributed by atoms with Gasteiger partial charge in [0.05, 0.1) is 10.0 Å². The van der Waals surface area contributed by atoms with E-state index in [-0.39, 0.29) is 0 Å². The van der Waals surface area contributed by atoms with Gasteiger partial charge in [-0.15, -0.1) is 0 Å². The molecule has 1 nitrogen and oxygen atoms in total. The monoisotopic (exact) mass is 331 g/mol. The first-order chi connectivity index (χ1) is 9.10. The van der Waals surface area contributed by atoms with E-state index in [1.54, 1.807) is 17.8 Å². The van der Waals surface area contributed by atoms with Crippen LogP contribution >= 0.6 is 46.6 Å². The van der Waals surface area contributed by atoms with Crippen LogP contribution in [0.5, 0.6) is 0 Å². The fourth-order valence-electron chi connectivity index (χ4n) is 1.63. The molecule has 2 aromatic rings. The van der Waals surface area contributed by atoms with Crippen molar-refractivity contribution in [1.82, 2.24) is 0 Å². The molecule has 0 fully saturated rings. The number of hydrogen-bond donors (Lipinski definition) is 1. The van der Waals surface area contributed by atoms with Gasteiger partial charge >= 0.3 is 0 Å². The van der Waals surface area contributed by atoms with Gasteiger partial charge in [0, 0.05) is 14.8 Å². The van der Waals surface area contributed by atoms with E-state index in [4.69, 9.17) is 40.5 Å². The van der Waals surface area contributed by atoms with E-state index in [1.165, 1.54) is 0 Å². The molecular weight excluding hydrogens is 321 g/mol. The van der Waals surface area contributed by atoms with Gasteiger partial charge in [-0.2, -0.15) is 0 Å². The predicted octanol–water partition coefficient (Wildman–Crippen LogP) is 5.30. The fraction of sp³-hybridized carbons (Fsp3) is 0.143. The summed E-state index contributed by atoms with van der Waals surface area (Å²) in [4.78, 5) is 2.08. The fourth-order valence-corrected chi connectivity index (χ4v) is 3.23. The Morgan fingerprint density at radius 1 is 0.842 bits per heavy atom. The lowest BCUT2D eigenvalue weighted by Crippen LogP contribution is -2.02. The highest BCUT2D eigenvalue weighted by Gasteiger charge is 2.05. The minimum atomic E-state index is 0.553. The third-order valence-corrected chi connectivity index (χ3v) is 4.64. The zero-order chi connectivity index (χ0) is 13.8. The number of nitrogens with two attached hydrogens (primary N) is 1. The second-order valence-corrected chi connectivity index (χ2v) is 6.34. The molecule has 0 aliphatic heterocycles. The molecule has 19 heavy (non-hydrogen) atoms. The molecule has 0 saturated heterocycles. The van der Waals surface area contributed by atoms with Crippen molar-refractivity contribution >= 4 is 46.6 Å². The van der Waals surface area contributed by atoms with E-state index in [0.29, 0.717) is 16.6 Å². The molecule has 5 heteroatoms. The van der Waals surface area contributed by atoms with E-state index in [2.05, 4.69) is 0 Å². The normalized spacial score (nSPS) is 10.7. The highest BCUT2D eigenvalue weighted by atomic mass is 35.5. The predicted molar refractivity (Wildman–Crippen MR) is 84.8 cm³/mol. The van der Waals surface area contributed by atoms with Crippen molar-refractivity contribution < 1.29 is 0 Å². The standard InChI is InChI=1S/C14H12Cl3NS/c15-12-4-3-11(8-14(12)17)19-10-2-1-9(5-6-18)13(16)7-10/h1-4,7-8H,5-6,18H2. The number of rotatable bonds is 4. The Bertz CT molecular complexity index is 587. The van der Waals surface area contributed by atoms with Crippen LogP contribution in [0.3, 0.4) is 0 Å². The summed E-state index contributed by atoms with van der Waals surface area (Å²) < 4.78 is 0. The van der Waals surface area contributed by atoms with Gasteiger partial charge in [0.1, 0.15) is 0 Å². The van der Waals surface area contributed by atoms with E-state index in [9.17, 15) is 0 Å². The average molecular weight is 333 g/mol. The summed E-state index contributed by atoms with van der Waals surface area (Å²) in [5, 5.41) is 1.86. The lowest BCUT2D eigenvalue weighted by Gasteiger charge is -2.07. The summed E-state index contributed by atoms with van der Waals surface area (Å²) in [6, 6.07) is 11.5. The summed E-state index contributed by atoms with van der Waals surface area (Å²) in [5.41, 5.74) is 6.60. The number of halogens is 3. The van der Waals surface area contributed by atoms with Crippen molar-refractivity contribution in [3.05, 3.63) is 57.0 Å². The van der Waals surface area contributed by atoms with Crippen molar-refractivity contribution in [2.45, 2.75) is 16.2 Å². The van der Waals surface area contributed by atoms with E-state index >= 15 is 0 Å². The minimum absolute atomic E-state index is 0.553. The van der Waals surface area contributed by atoms with Gasteiger partial charge in [-0.05, 0) is 48.9 Å². The van der Waals surface area contributed by atoms with Gasteiger partial charge in [0.2, 0.25) is 0 Å². The third-order valence-electron chi connectivity index (χ3n) is 2.56. The molecule has 100 valence electrons. The Morgan fingerprint density at radius 2 is 1.47 bits per heavy atom. The molecule has 2 N–H and O–H groups in total. The third kappa shape index (κ3) is 4.04. The van der Waals surface area contributed by atoms with Gasteiger partial charge in [-0.3, -0.25) is 0 Å². The van der Waals surface area contributed by atoms with Crippen molar-refractivity contribution in [3.8, 4) is 0 Å². The van der Waals surface area contributed by atoms with Crippen LogP contribution in [0.1, 0.15) is 5.56 Å². The molecular formula is C14H12Cl3NS. The molecule has 0 bridgehead atoms. The smallest absolute Gasteiger partial charge is 0.0603 e. The molecule has 0 atom stereocenters. The summed E-state index contributed by atoms with van der Waals surface area (Å²) >= 11 is 19.7. The maximum absolute atomic E-state index is 6.21. The average Bonchev–Trinajstić information content (AvgIpc) is 2.37. The van der Waals surface area contributed by atoms with Gasteiger partial charge in [-0.25, -0.2) is 0 Å². The molecule has 0 amide bonds. The Labute approximate surface area is 132 Å². The summed E-state index contributed by atoms with van der Waals surface area (Å²) in [6.07, 6.45) is 0.788. The topological polar surface area (TPSA) is 26.0 Å². The van der Waals surface area contributed by atoms with Crippen LogP contribution < -0.4 is 5.73 Å². The molecule has 2 rings (SSSR count). The zero-order valence-corrected chi connectivity index (χ0v) is 13.1. The first kappa shape index (κ1) is 15.0. The maximum Gasteiger partial charge on any atom is 0.0603 e. The lowest BCUT2D eigenvalue weighted by molar-refractivity contribution is 0.967. The molecule has 0 aliphatic carbocycles. The first-order valence-corrected chi connectivity index (χ1v) is 7.66. The molecule has 0 unspecified atom stereocenters. The molecule has 0 spiro atoms. The van der Waals surface area contributed by atoms with Gasteiger partial charge in [0.15, 0.2) is 0 Å². The van der Waals surface area contributed by atoms with Crippen LogP contribution in [-0.2, 0) is 6.42 Å². The molecule has 0 saturated carbocycles. The van der Waals surface area contributed by atoms with Crippen LogP contribution in [-0.4, -0.2) is 6.54 Å². The maximum atomic E-state index is 6.21. The van der Waals surface area contributed by atoms with Crippen LogP contribution in [0, 0.1) is 0 Å². The van der Waals surface area contributed by atoms with Gasteiger partial charge in [-0.1, -0.05) is 52.6 Å². The summed E-state index contributed by atoms with van der Waals surface area (Å²) in [5.74, 6) is 0. The molecule has 0 aromatic heterocycles. The van der Waals surface area contributed by atoms with Crippen molar-refractivity contribution in [1.29, 1.82) is 0 Å². The summed E-state index contributed by atoms with van der Waals surface area (Å²) in [6.45, 7) is 0.596. The zero-order valence-electron chi connectivity index (χ0n) is 10.00. The Kier molecular flexibility index (Phi) is 5.43. The SMILES string of the molecule is NCCc1ccc(Sc2ccc(Cl)c(Cl)c2)cc1Cl. The van der Waals surface area contributed by atoms with Crippen LogP contribution in [0.4, 0.5) is 0 Å². The van der Waals surface area contributed by atoms with Crippen LogP contribution in [0.25, 0.3) is 0 Å². The Morgan fingerprint density at radius 3 is 2.05 bits per heavy atom. The second-order valence-electron chi connectivity index (χ2n) is 3.97. The number of benzene rings is 2. The number of hydrogen-bond acceptors (Lipinski definition) is 2. The Balaban J connectivity index is 2.19. The molecule has 0 heterocycles. The van der Waals surface area contributed by atoms with Crippen LogP contribution in [0.15, 0.2) is 46.2 Å². The van der Waals surface area contributed by atoms with Gasteiger partial charge < -0.3 is 5.73 Å². The van der Waals surface area contributed by atoms with Crippen molar-refractivity contribution in [2.75, 3.05) is 6.54 Å². The largest absolute Gasteiger partial charge is 0.330 e. The van der Waals surface area contributed by atoms with Crippen LogP contribution in [0.2, 0.25) is 15.1 Å². The first-order valence-electron chi connectivity index (χ1n) is 5.71. The highest BCUT2D eigenvalue weighted by molar-refractivity contribution is 7.99.